The normalized spacial score (nSPS) is 14.3. The third kappa shape index (κ3) is 4.83. The van der Waals surface area contributed by atoms with E-state index in [0.717, 1.165) is 22.6 Å². The van der Waals surface area contributed by atoms with E-state index in [-0.39, 0.29) is 12.0 Å². The lowest BCUT2D eigenvalue weighted by Crippen LogP contribution is -2.18. The zero-order chi connectivity index (χ0) is 16.7. The minimum atomic E-state index is -0.0836. The predicted molar refractivity (Wildman–Crippen MR) is 91.1 cm³/mol. The Labute approximate surface area is 137 Å². The van der Waals surface area contributed by atoms with Gasteiger partial charge in [0.2, 0.25) is 0 Å². The highest BCUT2D eigenvalue weighted by Crippen LogP contribution is 2.20. The summed E-state index contributed by atoms with van der Waals surface area (Å²) in [6, 6.07) is 7.86. The molecule has 1 aromatic carbocycles. The van der Waals surface area contributed by atoms with Crippen LogP contribution in [0.25, 0.3) is 5.57 Å². The van der Waals surface area contributed by atoms with E-state index >= 15 is 0 Å². The second kappa shape index (κ2) is 8.34. The van der Waals surface area contributed by atoms with Crippen LogP contribution < -0.4 is 4.74 Å². The Morgan fingerprint density at radius 2 is 2.09 bits per heavy atom. The van der Waals surface area contributed by atoms with Gasteiger partial charge in [0.25, 0.3) is 0 Å². The maximum absolute atomic E-state index is 6.07. The summed E-state index contributed by atoms with van der Waals surface area (Å²) in [6.45, 7) is 8.45. The number of benzene rings is 1. The number of rotatable bonds is 8. The van der Waals surface area contributed by atoms with E-state index in [1.54, 1.807) is 13.3 Å². The number of hydrogen-bond donors (Lipinski definition) is 0. The number of nitrogens with zero attached hydrogens (tertiary/aromatic N) is 1. The van der Waals surface area contributed by atoms with E-state index < -0.39 is 0 Å². The fourth-order valence-corrected chi connectivity index (χ4v) is 2.14. The average Bonchev–Trinajstić information content (AvgIpc) is 3.13. The molecular formula is C19H23NO3. The minimum absolute atomic E-state index is 0.0836. The average molecular weight is 313 g/mol. The van der Waals surface area contributed by atoms with Gasteiger partial charge in [-0.25, -0.2) is 4.98 Å². The SMILES string of the molecule is C=C[C@H](C)[C@H](/C=C(\C)c1cnco1)OCc1ccc(OC)cc1. The van der Waals surface area contributed by atoms with Gasteiger partial charge >= 0.3 is 0 Å². The molecule has 122 valence electrons. The lowest BCUT2D eigenvalue weighted by molar-refractivity contribution is 0.0504. The number of ether oxygens (including phenoxy) is 2. The van der Waals surface area contributed by atoms with Crippen LogP contribution in [-0.2, 0) is 11.3 Å². The van der Waals surface area contributed by atoms with Gasteiger partial charge < -0.3 is 13.9 Å². The van der Waals surface area contributed by atoms with Crippen LogP contribution in [0.3, 0.4) is 0 Å². The summed E-state index contributed by atoms with van der Waals surface area (Å²) in [5.74, 6) is 1.77. The number of methoxy groups -OCH3 is 1. The van der Waals surface area contributed by atoms with Crippen molar-refractivity contribution in [2.45, 2.75) is 26.6 Å². The highest BCUT2D eigenvalue weighted by molar-refractivity contribution is 5.58. The summed E-state index contributed by atoms with van der Waals surface area (Å²) in [5.41, 5.74) is 2.09. The van der Waals surface area contributed by atoms with E-state index in [4.69, 9.17) is 13.9 Å². The molecule has 1 aromatic heterocycles. The summed E-state index contributed by atoms with van der Waals surface area (Å²) >= 11 is 0. The second-order valence-electron chi connectivity index (χ2n) is 5.43. The lowest BCUT2D eigenvalue weighted by atomic mass is 10.0. The van der Waals surface area contributed by atoms with Gasteiger partial charge in [0.1, 0.15) is 11.5 Å². The van der Waals surface area contributed by atoms with Crippen LogP contribution >= 0.6 is 0 Å². The van der Waals surface area contributed by atoms with Crippen molar-refractivity contribution >= 4 is 5.57 Å². The van der Waals surface area contributed by atoms with Gasteiger partial charge in [-0.1, -0.05) is 25.1 Å². The zero-order valence-corrected chi connectivity index (χ0v) is 13.9. The number of allylic oxidation sites excluding steroid dienone is 1. The topological polar surface area (TPSA) is 44.5 Å². The molecule has 23 heavy (non-hydrogen) atoms. The molecule has 0 aliphatic carbocycles. The largest absolute Gasteiger partial charge is 0.497 e. The van der Waals surface area contributed by atoms with Crippen molar-refractivity contribution in [3.8, 4) is 5.75 Å². The van der Waals surface area contributed by atoms with Gasteiger partial charge in [-0.05, 0) is 36.3 Å². The van der Waals surface area contributed by atoms with E-state index in [2.05, 4.69) is 24.6 Å². The molecule has 0 N–H and O–H groups in total. The molecule has 4 nitrogen and oxygen atoms in total. The zero-order valence-electron chi connectivity index (χ0n) is 13.9. The Morgan fingerprint density at radius 1 is 1.35 bits per heavy atom. The van der Waals surface area contributed by atoms with Crippen LogP contribution in [0.5, 0.6) is 5.75 Å². The van der Waals surface area contributed by atoms with E-state index in [9.17, 15) is 0 Å². The summed E-state index contributed by atoms with van der Waals surface area (Å²) in [5, 5.41) is 0. The third-order valence-corrected chi connectivity index (χ3v) is 3.73. The Hall–Kier alpha value is -2.33. The molecule has 0 aliphatic heterocycles. The summed E-state index contributed by atoms with van der Waals surface area (Å²) in [4.78, 5) is 3.95. The summed E-state index contributed by atoms with van der Waals surface area (Å²) < 4.78 is 16.6. The molecular weight excluding hydrogens is 290 g/mol. The molecule has 2 aromatic rings. The summed E-state index contributed by atoms with van der Waals surface area (Å²) in [7, 11) is 1.66. The monoisotopic (exact) mass is 313 g/mol. The van der Waals surface area contributed by atoms with E-state index in [1.807, 2.05) is 37.3 Å². The lowest BCUT2D eigenvalue weighted by Gasteiger charge is -2.19. The maximum atomic E-state index is 6.07. The van der Waals surface area contributed by atoms with Gasteiger partial charge in [-0.3, -0.25) is 0 Å². The van der Waals surface area contributed by atoms with Crippen molar-refractivity contribution in [1.29, 1.82) is 0 Å². The Kier molecular flexibility index (Phi) is 6.18. The molecule has 2 rings (SSSR count). The summed E-state index contributed by atoms with van der Waals surface area (Å²) in [6.07, 6.45) is 6.99. The molecule has 0 saturated carbocycles. The van der Waals surface area contributed by atoms with Crippen molar-refractivity contribution in [2.75, 3.05) is 7.11 Å². The van der Waals surface area contributed by atoms with Gasteiger partial charge in [0, 0.05) is 5.92 Å². The first-order valence-electron chi connectivity index (χ1n) is 7.58. The fourth-order valence-electron chi connectivity index (χ4n) is 2.14. The third-order valence-electron chi connectivity index (χ3n) is 3.73. The van der Waals surface area contributed by atoms with Crippen molar-refractivity contribution < 1.29 is 13.9 Å². The van der Waals surface area contributed by atoms with E-state index in [0.29, 0.717) is 6.61 Å². The highest BCUT2D eigenvalue weighted by Gasteiger charge is 2.14. The first kappa shape index (κ1) is 17.0. The standard InChI is InChI=1S/C19H23NO3/c1-5-14(2)18(10-15(3)19-11-20-13-23-19)22-12-16-6-8-17(21-4)9-7-16/h5-11,13-14,18H,1,12H2,2-4H3/b15-10+/t14-,18-/m0/s1. The molecule has 0 spiro atoms. The maximum Gasteiger partial charge on any atom is 0.181 e. The minimum Gasteiger partial charge on any atom is -0.497 e. The fraction of sp³-hybridized carbons (Fsp3) is 0.316. The quantitative estimate of drug-likeness (QED) is 0.673. The Balaban J connectivity index is 2.06. The molecule has 1 heterocycles. The predicted octanol–water partition coefficient (Wildman–Crippen LogP) is 4.49. The molecule has 0 unspecified atom stereocenters. The molecule has 0 amide bonds. The molecule has 0 aliphatic rings. The van der Waals surface area contributed by atoms with Crippen molar-refractivity contribution in [3.63, 3.8) is 0 Å². The van der Waals surface area contributed by atoms with Crippen LogP contribution in [0, 0.1) is 5.92 Å². The molecule has 0 fully saturated rings. The first-order valence-corrected chi connectivity index (χ1v) is 7.58. The number of oxazole rings is 1. The first-order chi connectivity index (χ1) is 11.1. The molecule has 0 saturated heterocycles. The van der Waals surface area contributed by atoms with E-state index in [1.165, 1.54) is 6.39 Å². The Bertz CT molecular complexity index is 629. The molecule has 0 bridgehead atoms. The van der Waals surface area contributed by atoms with Crippen LogP contribution in [0.2, 0.25) is 0 Å². The van der Waals surface area contributed by atoms with Crippen molar-refractivity contribution in [3.05, 3.63) is 66.9 Å². The smallest absolute Gasteiger partial charge is 0.181 e. The van der Waals surface area contributed by atoms with Crippen molar-refractivity contribution in [1.82, 2.24) is 4.98 Å². The van der Waals surface area contributed by atoms with Crippen LogP contribution in [-0.4, -0.2) is 18.2 Å². The van der Waals surface area contributed by atoms with Crippen molar-refractivity contribution in [2.24, 2.45) is 5.92 Å². The van der Waals surface area contributed by atoms with Crippen LogP contribution in [0.15, 0.2) is 60.0 Å². The van der Waals surface area contributed by atoms with Gasteiger partial charge in [0.05, 0.1) is 26.0 Å². The second-order valence-corrected chi connectivity index (χ2v) is 5.43. The number of hydrogen-bond acceptors (Lipinski definition) is 4. The molecule has 4 heteroatoms. The van der Waals surface area contributed by atoms with Crippen LogP contribution in [0.4, 0.5) is 0 Å². The number of aromatic nitrogens is 1. The Morgan fingerprint density at radius 3 is 2.65 bits per heavy atom. The van der Waals surface area contributed by atoms with Gasteiger partial charge in [-0.15, -0.1) is 6.58 Å². The highest BCUT2D eigenvalue weighted by atomic mass is 16.5. The molecule has 2 atom stereocenters. The van der Waals surface area contributed by atoms with Gasteiger partial charge in [-0.2, -0.15) is 0 Å². The van der Waals surface area contributed by atoms with Gasteiger partial charge in [0.15, 0.2) is 6.39 Å². The molecule has 0 radical (unpaired) electrons. The van der Waals surface area contributed by atoms with Crippen LogP contribution in [0.1, 0.15) is 25.2 Å².